The van der Waals surface area contributed by atoms with Crippen LogP contribution in [-0.4, -0.2) is 52.8 Å². The number of thiazole rings is 1. The average Bonchev–Trinajstić information content (AvgIpc) is 3.54. The second-order valence-electron chi connectivity index (χ2n) is 7.58. The highest BCUT2D eigenvalue weighted by Gasteiger charge is 2.22. The van der Waals surface area contributed by atoms with E-state index in [9.17, 15) is 14.0 Å². The fourth-order valence-corrected chi connectivity index (χ4v) is 3.98. The van der Waals surface area contributed by atoms with E-state index in [1.54, 1.807) is 31.8 Å². The number of hydrogen-bond donors (Lipinski definition) is 2. The molecule has 3 aromatic rings. The summed E-state index contributed by atoms with van der Waals surface area (Å²) in [7, 11) is 1.59. The Balaban J connectivity index is 1.65. The lowest BCUT2D eigenvalue weighted by Crippen LogP contribution is -2.43. The van der Waals surface area contributed by atoms with Crippen molar-refractivity contribution in [2.45, 2.75) is 39.0 Å². The minimum atomic E-state index is -0.374. The molecule has 0 aliphatic carbocycles. The third-order valence-corrected chi connectivity index (χ3v) is 6.17. The Morgan fingerprint density at radius 2 is 2.06 bits per heavy atom. The number of hydrogen-bond acceptors (Lipinski definition) is 6. The predicted octanol–water partition coefficient (Wildman–Crippen LogP) is 3.44. The Kier molecular flexibility index (Phi) is 9.53. The quantitative estimate of drug-likeness (QED) is 0.381. The Morgan fingerprint density at radius 1 is 1.26 bits per heavy atom. The van der Waals surface area contributed by atoms with E-state index < -0.39 is 0 Å². The molecule has 2 aromatic heterocycles. The summed E-state index contributed by atoms with van der Waals surface area (Å²) in [5.74, 6) is -0.603. The van der Waals surface area contributed by atoms with Crippen LogP contribution in [0.25, 0.3) is 0 Å². The molecule has 0 aliphatic rings. The number of nitrogens with zero attached hydrogens (tertiary/aromatic N) is 4. The fraction of sp³-hybridized carbons (Fsp3) is 0.391. The first-order valence-corrected chi connectivity index (χ1v) is 11.8. The van der Waals surface area contributed by atoms with Crippen molar-refractivity contribution in [2.24, 2.45) is 0 Å². The molecule has 0 saturated heterocycles. The van der Waals surface area contributed by atoms with Crippen LogP contribution in [0.15, 0.2) is 49.2 Å². The minimum absolute atomic E-state index is 0.114. The number of aromatic nitrogens is 3. The molecule has 34 heavy (non-hydrogen) atoms. The number of rotatable bonds is 12. The van der Waals surface area contributed by atoms with Crippen LogP contribution < -0.4 is 15.5 Å². The molecule has 0 fully saturated rings. The van der Waals surface area contributed by atoms with Gasteiger partial charge in [0.1, 0.15) is 10.7 Å². The van der Waals surface area contributed by atoms with Crippen molar-refractivity contribution in [3.63, 3.8) is 0 Å². The summed E-state index contributed by atoms with van der Waals surface area (Å²) in [5, 5.41) is 6.10. The van der Waals surface area contributed by atoms with Crippen LogP contribution in [0.4, 0.5) is 14.3 Å². The molecule has 11 heteroatoms. The highest BCUT2D eigenvalue weighted by molar-refractivity contribution is 7.17. The monoisotopic (exact) mass is 488 g/mol. The van der Waals surface area contributed by atoms with Crippen LogP contribution in [0.5, 0.6) is 0 Å². The highest BCUT2D eigenvalue weighted by Crippen LogP contribution is 2.24. The first kappa shape index (κ1) is 25.3. The molecule has 182 valence electrons. The van der Waals surface area contributed by atoms with Crippen molar-refractivity contribution in [3.8, 4) is 0 Å². The first-order valence-electron chi connectivity index (χ1n) is 11.0. The molecule has 3 amide bonds. The van der Waals surface area contributed by atoms with Crippen LogP contribution in [0.2, 0.25) is 0 Å². The van der Waals surface area contributed by atoms with Gasteiger partial charge in [0.2, 0.25) is 0 Å². The normalized spacial score (nSPS) is 11.7. The SMILES string of the molecule is CCC(CNC(=O)N(Cc1ccc(F)cc1)c1ncc(C(=O)NCCCn2ccnc2)s1)OC. The summed E-state index contributed by atoms with van der Waals surface area (Å²) in [6, 6.07) is 5.53. The number of aryl methyl sites for hydroxylation is 1. The summed E-state index contributed by atoms with van der Waals surface area (Å²) in [5.41, 5.74) is 0.732. The smallest absolute Gasteiger partial charge is 0.324 e. The number of anilines is 1. The summed E-state index contributed by atoms with van der Waals surface area (Å²) < 4.78 is 20.6. The number of benzene rings is 1. The molecule has 0 saturated carbocycles. The van der Waals surface area contributed by atoms with Crippen LogP contribution in [0.3, 0.4) is 0 Å². The molecular formula is C23H29FN6O3S. The number of halogens is 1. The van der Waals surface area contributed by atoms with Crippen molar-refractivity contribution in [1.82, 2.24) is 25.2 Å². The fourth-order valence-electron chi connectivity index (χ4n) is 3.15. The summed E-state index contributed by atoms with van der Waals surface area (Å²) in [6.45, 7) is 3.73. The second-order valence-corrected chi connectivity index (χ2v) is 8.59. The maximum absolute atomic E-state index is 13.3. The second kappa shape index (κ2) is 12.8. The minimum Gasteiger partial charge on any atom is -0.380 e. The third-order valence-electron chi connectivity index (χ3n) is 5.15. The van der Waals surface area contributed by atoms with E-state index in [0.29, 0.717) is 23.1 Å². The predicted molar refractivity (Wildman–Crippen MR) is 128 cm³/mol. The molecule has 1 unspecified atom stereocenters. The lowest BCUT2D eigenvalue weighted by Gasteiger charge is -2.22. The Labute approximate surface area is 202 Å². The average molecular weight is 489 g/mol. The Hall–Kier alpha value is -3.31. The van der Waals surface area contributed by atoms with Gasteiger partial charge in [-0.25, -0.2) is 19.2 Å². The molecule has 3 rings (SSSR count). The van der Waals surface area contributed by atoms with E-state index in [2.05, 4.69) is 20.6 Å². The number of methoxy groups -OCH3 is 1. The largest absolute Gasteiger partial charge is 0.380 e. The summed E-state index contributed by atoms with van der Waals surface area (Å²) in [4.78, 5) is 35.7. The maximum Gasteiger partial charge on any atom is 0.324 e. The Morgan fingerprint density at radius 3 is 2.74 bits per heavy atom. The topological polar surface area (TPSA) is 101 Å². The van der Waals surface area contributed by atoms with E-state index in [-0.39, 0.29) is 30.4 Å². The van der Waals surface area contributed by atoms with Crippen molar-refractivity contribution < 1.29 is 18.7 Å². The van der Waals surface area contributed by atoms with E-state index in [4.69, 9.17) is 4.74 Å². The van der Waals surface area contributed by atoms with Gasteiger partial charge in [-0.3, -0.25) is 9.69 Å². The molecule has 0 spiro atoms. The lowest BCUT2D eigenvalue weighted by atomic mass is 10.2. The molecule has 9 nitrogen and oxygen atoms in total. The number of imidazole rings is 1. The number of ether oxygens (including phenoxy) is 1. The summed E-state index contributed by atoms with van der Waals surface area (Å²) >= 11 is 1.12. The van der Waals surface area contributed by atoms with E-state index in [1.165, 1.54) is 23.2 Å². The first-order chi connectivity index (χ1) is 16.5. The third kappa shape index (κ3) is 7.35. The van der Waals surface area contributed by atoms with Gasteiger partial charge >= 0.3 is 6.03 Å². The number of carbonyl (C=O) groups is 2. The standard InChI is InChI=1S/C23H29FN6O3S/c1-3-19(33-2)13-27-22(32)30(15-17-5-7-18(24)8-6-17)23-28-14-20(34-23)21(31)26-9-4-11-29-12-10-25-16-29/h5-8,10,12,14,16,19H,3-4,9,11,13,15H2,1-2H3,(H,26,31)(H,27,32). The van der Waals surface area contributed by atoms with Crippen LogP contribution in [0, 0.1) is 5.82 Å². The van der Waals surface area contributed by atoms with E-state index >= 15 is 0 Å². The molecule has 0 bridgehead atoms. The maximum atomic E-state index is 13.3. The molecule has 2 heterocycles. The van der Waals surface area contributed by atoms with Gasteiger partial charge in [-0.05, 0) is 30.5 Å². The lowest BCUT2D eigenvalue weighted by molar-refractivity contribution is 0.0956. The molecule has 1 aromatic carbocycles. The number of urea groups is 1. The molecule has 0 aliphatic heterocycles. The van der Waals surface area contributed by atoms with Crippen molar-refractivity contribution in [2.75, 3.05) is 25.1 Å². The van der Waals surface area contributed by atoms with Gasteiger partial charge in [0, 0.05) is 39.1 Å². The van der Waals surface area contributed by atoms with Crippen molar-refractivity contribution in [1.29, 1.82) is 0 Å². The highest BCUT2D eigenvalue weighted by atomic mass is 32.1. The molecule has 0 radical (unpaired) electrons. The van der Waals surface area contributed by atoms with Crippen LogP contribution >= 0.6 is 11.3 Å². The number of nitrogens with one attached hydrogen (secondary N) is 2. The van der Waals surface area contributed by atoms with Gasteiger partial charge in [0.15, 0.2) is 5.13 Å². The zero-order valence-corrected chi connectivity index (χ0v) is 20.1. The van der Waals surface area contributed by atoms with Gasteiger partial charge in [-0.1, -0.05) is 30.4 Å². The van der Waals surface area contributed by atoms with E-state index in [0.717, 1.165) is 36.3 Å². The number of amides is 3. The zero-order chi connectivity index (χ0) is 24.3. The molecule has 1 atom stereocenters. The number of carbonyl (C=O) groups excluding carboxylic acids is 2. The summed E-state index contributed by atoms with van der Waals surface area (Å²) in [6.07, 6.45) is 8.16. The van der Waals surface area contributed by atoms with Gasteiger partial charge in [-0.15, -0.1) is 0 Å². The van der Waals surface area contributed by atoms with Gasteiger partial charge in [-0.2, -0.15) is 0 Å². The van der Waals surface area contributed by atoms with Crippen molar-refractivity contribution in [3.05, 3.63) is 65.4 Å². The van der Waals surface area contributed by atoms with Crippen molar-refractivity contribution >= 4 is 28.4 Å². The zero-order valence-electron chi connectivity index (χ0n) is 19.2. The van der Waals surface area contributed by atoms with Gasteiger partial charge in [0.05, 0.1) is 25.2 Å². The van der Waals surface area contributed by atoms with Gasteiger partial charge in [0.25, 0.3) is 5.91 Å². The van der Waals surface area contributed by atoms with Gasteiger partial charge < -0.3 is 19.9 Å². The van der Waals surface area contributed by atoms with Crippen LogP contribution in [0.1, 0.15) is 35.0 Å². The molecular weight excluding hydrogens is 459 g/mol. The molecule has 2 N–H and O–H groups in total. The van der Waals surface area contributed by atoms with E-state index in [1.807, 2.05) is 17.7 Å². The van der Waals surface area contributed by atoms with Crippen LogP contribution in [-0.2, 0) is 17.8 Å². The Bertz CT molecular complexity index is 1040.